The first-order valence-corrected chi connectivity index (χ1v) is 5.54. The maximum absolute atomic E-state index is 12.1. The summed E-state index contributed by atoms with van der Waals surface area (Å²) < 4.78 is 5.10. The highest BCUT2D eigenvalue weighted by atomic mass is 16.4. The van der Waals surface area contributed by atoms with Gasteiger partial charge in [-0.05, 0) is 26.3 Å². The quantitative estimate of drug-likeness (QED) is 0.852. The third-order valence-electron chi connectivity index (χ3n) is 2.75. The number of amides is 1. The van der Waals surface area contributed by atoms with Gasteiger partial charge in [0, 0.05) is 11.6 Å². The van der Waals surface area contributed by atoms with Crippen LogP contribution >= 0.6 is 0 Å². The van der Waals surface area contributed by atoms with Crippen LogP contribution in [0.25, 0.3) is 0 Å². The first-order valence-electron chi connectivity index (χ1n) is 5.54. The largest absolute Gasteiger partial charge is 0.480 e. The highest BCUT2D eigenvalue weighted by molar-refractivity contribution is 5.94. The molecule has 0 spiro atoms. The summed E-state index contributed by atoms with van der Waals surface area (Å²) in [5.41, 5.74) is 0.716. The molecule has 0 aromatic carbocycles. The number of aryl methyl sites for hydroxylation is 1. The van der Waals surface area contributed by atoms with Gasteiger partial charge in [-0.1, -0.05) is 6.92 Å². The number of carboxylic acids is 1. The lowest BCUT2D eigenvalue weighted by Crippen LogP contribution is -2.41. The van der Waals surface area contributed by atoms with Crippen LogP contribution in [0.2, 0.25) is 0 Å². The van der Waals surface area contributed by atoms with Crippen molar-refractivity contribution in [2.24, 2.45) is 0 Å². The first-order chi connectivity index (χ1) is 7.97. The molecule has 1 rings (SSSR count). The van der Waals surface area contributed by atoms with Gasteiger partial charge in [-0.2, -0.15) is 0 Å². The Hall–Kier alpha value is -1.78. The number of aliphatic carboxylic acids is 1. The molecule has 0 saturated heterocycles. The fourth-order valence-corrected chi connectivity index (χ4v) is 1.52. The van der Waals surface area contributed by atoms with Crippen molar-refractivity contribution in [2.75, 3.05) is 6.54 Å². The van der Waals surface area contributed by atoms with Gasteiger partial charge in [0.05, 0.1) is 6.26 Å². The standard InChI is InChI=1S/C12H17NO4/c1-4-9(3)13(7-10(14)15)12(16)11-8(2)5-6-17-11/h5-6,9H,4,7H2,1-3H3,(H,14,15). The Kier molecular flexibility index (Phi) is 4.31. The summed E-state index contributed by atoms with van der Waals surface area (Å²) in [7, 11) is 0. The van der Waals surface area contributed by atoms with Gasteiger partial charge in [0.1, 0.15) is 6.54 Å². The van der Waals surface area contributed by atoms with Crippen molar-refractivity contribution in [3.63, 3.8) is 0 Å². The number of rotatable bonds is 5. The van der Waals surface area contributed by atoms with E-state index in [-0.39, 0.29) is 24.3 Å². The van der Waals surface area contributed by atoms with Gasteiger partial charge in [0.2, 0.25) is 0 Å². The van der Waals surface area contributed by atoms with Gasteiger partial charge in [-0.15, -0.1) is 0 Å². The monoisotopic (exact) mass is 239 g/mol. The molecule has 0 fully saturated rings. The van der Waals surface area contributed by atoms with Crippen LogP contribution in [-0.4, -0.2) is 34.5 Å². The van der Waals surface area contributed by atoms with E-state index in [9.17, 15) is 9.59 Å². The summed E-state index contributed by atoms with van der Waals surface area (Å²) in [4.78, 5) is 24.2. The molecule has 1 unspecified atom stereocenters. The number of carboxylic acid groups (broad SMARTS) is 1. The van der Waals surface area contributed by atoms with Crippen LogP contribution in [0.3, 0.4) is 0 Å². The van der Waals surface area contributed by atoms with Crippen LogP contribution in [0, 0.1) is 6.92 Å². The Bertz CT molecular complexity index is 410. The molecule has 1 N–H and O–H groups in total. The Labute approximate surface area is 100 Å². The zero-order valence-electron chi connectivity index (χ0n) is 10.3. The van der Waals surface area contributed by atoms with Gasteiger partial charge < -0.3 is 14.4 Å². The molecule has 1 aromatic heterocycles. The Morgan fingerprint density at radius 2 is 2.18 bits per heavy atom. The van der Waals surface area contributed by atoms with Crippen molar-refractivity contribution >= 4 is 11.9 Å². The van der Waals surface area contributed by atoms with E-state index in [4.69, 9.17) is 9.52 Å². The number of carbonyl (C=O) groups excluding carboxylic acids is 1. The molecule has 94 valence electrons. The molecule has 0 aliphatic carbocycles. The lowest BCUT2D eigenvalue weighted by atomic mass is 10.2. The summed E-state index contributed by atoms with van der Waals surface area (Å²) in [5.74, 6) is -1.18. The second-order valence-electron chi connectivity index (χ2n) is 4.02. The molecule has 1 aromatic rings. The van der Waals surface area contributed by atoms with Crippen molar-refractivity contribution in [1.29, 1.82) is 0 Å². The fourth-order valence-electron chi connectivity index (χ4n) is 1.52. The number of nitrogens with zero attached hydrogens (tertiary/aromatic N) is 1. The third-order valence-corrected chi connectivity index (χ3v) is 2.75. The second-order valence-corrected chi connectivity index (χ2v) is 4.02. The SMILES string of the molecule is CCC(C)N(CC(=O)O)C(=O)c1occc1C. The average Bonchev–Trinajstić information content (AvgIpc) is 2.70. The van der Waals surface area contributed by atoms with Crippen molar-refractivity contribution in [3.05, 3.63) is 23.7 Å². The van der Waals surface area contributed by atoms with Crippen molar-refractivity contribution in [3.8, 4) is 0 Å². The molecule has 1 atom stereocenters. The molecule has 0 aliphatic heterocycles. The Balaban J connectivity index is 2.94. The van der Waals surface area contributed by atoms with Crippen LogP contribution in [0.15, 0.2) is 16.7 Å². The fraction of sp³-hybridized carbons (Fsp3) is 0.500. The van der Waals surface area contributed by atoms with E-state index >= 15 is 0 Å². The van der Waals surface area contributed by atoms with Crippen molar-refractivity contribution in [2.45, 2.75) is 33.2 Å². The number of furan rings is 1. The van der Waals surface area contributed by atoms with Gasteiger partial charge >= 0.3 is 5.97 Å². The van der Waals surface area contributed by atoms with E-state index in [0.717, 1.165) is 0 Å². The van der Waals surface area contributed by atoms with Crippen LogP contribution in [0.4, 0.5) is 0 Å². The highest BCUT2D eigenvalue weighted by Crippen LogP contribution is 2.15. The summed E-state index contributed by atoms with van der Waals surface area (Å²) >= 11 is 0. The average molecular weight is 239 g/mol. The number of carbonyl (C=O) groups is 2. The number of hydrogen-bond donors (Lipinski definition) is 1. The van der Waals surface area contributed by atoms with Gasteiger partial charge in [-0.3, -0.25) is 9.59 Å². The third kappa shape index (κ3) is 3.09. The van der Waals surface area contributed by atoms with Gasteiger partial charge in [0.15, 0.2) is 5.76 Å². The highest BCUT2D eigenvalue weighted by Gasteiger charge is 2.25. The smallest absolute Gasteiger partial charge is 0.323 e. The van der Waals surface area contributed by atoms with Gasteiger partial charge in [0.25, 0.3) is 5.91 Å². The van der Waals surface area contributed by atoms with Crippen LogP contribution < -0.4 is 0 Å². The molecule has 5 heteroatoms. The van der Waals surface area contributed by atoms with E-state index in [0.29, 0.717) is 12.0 Å². The van der Waals surface area contributed by atoms with Crippen LogP contribution in [0.5, 0.6) is 0 Å². The lowest BCUT2D eigenvalue weighted by molar-refractivity contribution is -0.138. The van der Waals surface area contributed by atoms with Crippen LogP contribution in [0.1, 0.15) is 36.4 Å². The van der Waals surface area contributed by atoms with E-state index in [1.165, 1.54) is 11.2 Å². The van der Waals surface area contributed by atoms with Crippen molar-refractivity contribution < 1.29 is 19.1 Å². The Morgan fingerprint density at radius 1 is 1.53 bits per heavy atom. The first kappa shape index (κ1) is 13.3. The number of hydrogen-bond acceptors (Lipinski definition) is 3. The Morgan fingerprint density at radius 3 is 2.59 bits per heavy atom. The maximum Gasteiger partial charge on any atom is 0.323 e. The van der Waals surface area contributed by atoms with Crippen LogP contribution in [-0.2, 0) is 4.79 Å². The summed E-state index contributed by atoms with van der Waals surface area (Å²) in [6.45, 7) is 5.17. The lowest BCUT2D eigenvalue weighted by Gasteiger charge is -2.26. The molecule has 0 saturated carbocycles. The van der Waals surface area contributed by atoms with E-state index in [1.54, 1.807) is 13.0 Å². The summed E-state index contributed by atoms with van der Waals surface area (Å²) in [5, 5.41) is 8.82. The molecule has 0 radical (unpaired) electrons. The predicted octanol–water partition coefficient (Wildman–Crippen LogP) is 1.91. The van der Waals surface area contributed by atoms with E-state index in [1.807, 2.05) is 13.8 Å². The van der Waals surface area contributed by atoms with E-state index in [2.05, 4.69) is 0 Å². The summed E-state index contributed by atoms with van der Waals surface area (Å²) in [6, 6.07) is 1.55. The zero-order valence-corrected chi connectivity index (χ0v) is 10.3. The minimum Gasteiger partial charge on any atom is -0.480 e. The molecule has 1 heterocycles. The van der Waals surface area contributed by atoms with E-state index < -0.39 is 5.97 Å². The molecule has 0 bridgehead atoms. The normalized spacial score (nSPS) is 12.2. The summed E-state index contributed by atoms with van der Waals surface area (Å²) in [6.07, 6.45) is 2.12. The molecular formula is C12H17NO4. The second kappa shape index (κ2) is 5.52. The molecular weight excluding hydrogens is 222 g/mol. The molecule has 17 heavy (non-hydrogen) atoms. The molecule has 1 amide bonds. The topological polar surface area (TPSA) is 70.8 Å². The minimum absolute atomic E-state index is 0.136. The maximum atomic E-state index is 12.1. The predicted molar refractivity (Wildman–Crippen MR) is 61.9 cm³/mol. The zero-order chi connectivity index (χ0) is 13.0. The molecule has 5 nitrogen and oxygen atoms in total. The molecule has 0 aliphatic rings. The van der Waals surface area contributed by atoms with Gasteiger partial charge in [-0.25, -0.2) is 0 Å². The minimum atomic E-state index is -1.03. The van der Waals surface area contributed by atoms with Crippen molar-refractivity contribution in [1.82, 2.24) is 4.90 Å².